The summed E-state index contributed by atoms with van der Waals surface area (Å²) in [6, 6.07) is 6.75. The Balaban J connectivity index is 1.60. The van der Waals surface area contributed by atoms with E-state index in [9.17, 15) is 27.2 Å². The highest BCUT2D eigenvalue weighted by atomic mass is 19.4. The SMILES string of the molecule is CN(C)C(=O)Cn1nc(C(F)(F)F)cc1N1C[C@]2(CC[C@](c3cccc(F)c3)(N(C)C)CC2)NC1=O. The van der Waals surface area contributed by atoms with Gasteiger partial charge in [0.25, 0.3) is 0 Å². The van der Waals surface area contributed by atoms with Crippen molar-refractivity contribution in [2.45, 2.75) is 49.5 Å². The van der Waals surface area contributed by atoms with Crippen LogP contribution in [0.1, 0.15) is 36.9 Å². The number of nitrogens with zero attached hydrogens (tertiary/aromatic N) is 5. The van der Waals surface area contributed by atoms with E-state index < -0.39 is 41.4 Å². The van der Waals surface area contributed by atoms with Crippen LogP contribution in [0.5, 0.6) is 0 Å². The Morgan fingerprint density at radius 2 is 1.78 bits per heavy atom. The fraction of sp³-hybridized carbons (Fsp3) is 0.542. The summed E-state index contributed by atoms with van der Waals surface area (Å²) >= 11 is 0. The third kappa shape index (κ3) is 4.65. The second-order valence-corrected chi connectivity index (χ2v) is 10.1. The summed E-state index contributed by atoms with van der Waals surface area (Å²) in [6.07, 6.45) is -2.41. The highest BCUT2D eigenvalue weighted by Crippen LogP contribution is 2.46. The normalized spacial score (nSPS) is 24.5. The molecule has 1 N–H and O–H groups in total. The van der Waals surface area contributed by atoms with Crippen LogP contribution in [0.4, 0.5) is 28.2 Å². The Labute approximate surface area is 206 Å². The van der Waals surface area contributed by atoms with Gasteiger partial charge in [-0.05, 0) is 57.5 Å². The van der Waals surface area contributed by atoms with Gasteiger partial charge >= 0.3 is 12.2 Å². The summed E-state index contributed by atoms with van der Waals surface area (Å²) in [4.78, 5) is 29.8. The quantitative estimate of drug-likeness (QED) is 0.626. The van der Waals surface area contributed by atoms with Gasteiger partial charge in [0.05, 0.1) is 12.1 Å². The average molecular weight is 511 g/mol. The fourth-order valence-electron chi connectivity index (χ4n) is 5.24. The fourth-order valence-corrected chi connectivity index (χ4v) is 5.24. The maximum Gasteiger partial charge on any atom is 0.435 e. The van der Waals surface area contributed by atoms with Crippen LogP contribution in [0, 0.1) is 5.82 Å². The zero-order chi connectivity index (χ0) is 26.5. The van der Waals surface area contributed by atoms with E-state index in [1.807, 2.05) is 20.2 Å². The van der Waals surface area contributed by atoms with Gasteiger partial charge < -0.3 is 10.2 Å². The summed E-state index contributed by atoms with van der Waals surface area (Å²) in [5, 5.41) is 6.58. The lowest BCUT2D eigenvalue weighted by atomic mass is 9.69. The molecule has 1 spiro atoms. The molecule has 0 unspecified atom stereocenters. The smallest absolute Gasteiger partial charge is 0.347 e. The van der Waals surface area contributed by atoms with Crippen molar-refractivity contribution in [3.63, 3.8) is 0 Å². The number of rotatable bonds is 5. The Bertz CT molecular complexity index is 1150. The Morgan fingerprint density at radius 1 is 1.11 bits per heavy atom. The number of carbonyl (C=O) groups excluding carboxylic acids is 2. The van der Waals surface area contributed by atoms with Crippen molar-refractivity contribution in [3.8, 4) is 0 Å². The predicted molar refractivity (Wildman–Crippen MR) is 125 cm³/mol. The van der Waals surface area contributed by atoms with E-state index in [1.54, 1.807) is 6.07 Å². The zero-order valence-corrected chi connectivity index (χ0v) is 20.7. The largest absolute Gasteiger partial charge is 0.435 e. The molecule has 1 aromatic heterocycles. The lowest BCUT2D eigenvalue weighted by Gasteiger charge is -2.48. The zero-order valence-electron chi connectivity index (χ0n) is 20.7. The van der Waals surface area contributed by atoms with Crippen LogP contribution in [0.25, 0.3) is 0 Å². The number of anilines is 1. The molecule has 3 amide bonds. The van der Waals surface area contributed by atoms with Crippen molar-refractivity contribution < 1.29 is 27.2 Å². The third-order valence-corrected chi connectivity index (χ3v) is 7.44. The minimum absolute atomic E-state index is 0.0820. The van der Waals surface area contributed by atoms with Gasteiger partial charge in [-0.1, -0.05) is 12.1 Å². The molecule has 196 valence electrons. The van der Waals surface area contributed by atoms with Gasteiger partial charge in [-0.15, -0.1) is 0 Å². The van der Waals surface area contributed by atoms with Gasteiger partial charge in [0.15, 0.2) is 5.69 Å². The minimum atomic E-state index is -4.73. The number of hydrogen-bond donors (Lipinski definition) is 1. The molecule has 1 saturated carbocycles. The maximum absolute atomic E-state index is 14.0. The molecule has 1 aromatic carbocycles. The van der Waals surface area contributed by atoms with Gasteiger partial charge in [-0.3, -0.25) is 14.6 Å². The van der Waals surface area contributed by atoms with Crippen LogP contribution in [0.3, 0.4) is 0 Å². The molecule has 1 aliphatic carbocycles. The first kappa shape index (κ1) is 25.9. The molecular formula is C24H30F4N6O2. The van der Waals surface area contributed by atoms with E-state index in [0.717, 1.165) is 16.3 Å². The van der Waals surface area contributed by atoms with Crippen molar-refractivity contribution in [1.82, 2.24) is 24.9 Å². The molecule has 12 heteroatoms. The van der Waals surface area contributed by atoms with Gasteiger partial charge in [0.2, 0.25) is 5.91 Å². The van der Waals surface area contributed by atoms with Gasteiger partial charge in [-0.25, -0.2) is 13.9 Å². The van der Waals surface area contributed by atoms with Crippen LogP contribution in [0.2, 0.25) is 0 Å². The number of likely N-dealkylation sites (N-methyl/N-ethyl adjacent to an activating group) is 1. The lowest BCUT2D eigenvalue weighted by molar-refractivity contribution is -0.142. The number of aromatic nitrogens is 2. The van der Waals surface area contributed by atoms with Crippen molar-refractivity contribution >= 4 is 17.8 Å². The highest BCUT2D eigenvalue weighted by Gasteiger charge is 2.51. The summed E-state index contributed by atoms with van der Waals surface area (Å²) in [5.74, 6) is -0.859. The summed E-state index contributed by atoms with van der Waals surface area (Å²) in [5.41, 5.74) is -1.42. The first-order chi connectivity index (χ1) is 16.8. The van der Waals surface area contributed by atoms with Gasteiger partial charge in [0.1, 0.15) is 18.2 Å². The first-order valence-electron chi connectivity index (χ1n) is 11.6. The molecule has 8 nitrogen and oxygen atoms in total. The molecule has 2 aliphatic rings. The van der Waals surface area contributed by atoms with Crippen molar-refractivity contribution in [2.24, 2.45) is 0 Å². The van der Waals surface area contributed by atoms with E-state index >= 15 is 0 Å². The van der Waals surface area contributed by atoms with Crippen molar-refractivity contribution in [3.05, 3.63) is 47.4 Å². The topological polar surface area (TPSA) is 73.7 Å². The standard InChI is InChI=1S/C24H30F4N6O2/c1-31(2)20(35)14-34-19(13-18(30-34)24(26,27)28)33-15-22(29-21(33)36)8-10-23(11-9-22,32(3)4)16-6-5-7-17(25)12-16/h5-7,12-13H,8-11,14-15H2,1-4H3,(H,29,36)/t22-,23+. The minimum Gasteiger partial charge on any atom is -0.347 e. The number of amides is 3. The molecule has 4 rings (SSSR count). The summed E-state index contributed by atoms with van der Waals surface area (Å²) in [7, 11) is 6.85. The van der Waals surface area contributed by atoms with Crippen LogP contribution < -0.4 is 10.2 Å². The molecule has 0 atom stereocenters. The number of urea groups is 1. The Kier molecular flexibility index (Phi) is 6.52. The number of hydrogen-bond acceptors (Lipinski definition) is 4. The molecule has 0 bridgehead atoms. The molecule has 0 radical (unpaired) electrons. The monoisotopic (exact) mass is 510 g/mol. The summed E-state index contributed by atoms with van der Waals surface area (Å²) < 4.78 is 55.3. The van der Waals surface area contributed by atoms with Crippen LogP contribution >= 0.6 is 0 Å². The lowest BCUT2D eigenvalue weighted by Crippen LogP contribution is -2.54. The highest BCUT2D eigenvalue weighted by molar-refractivity contribution is 5.95. The molecule has 2 fully saturated rings. The third-order valence-electron chi connectivity index (χ3n) is 7.44. The second-order valence-electron chi connectivity index (χ2n) is 10.1. The van der Waals surface area contributed by atoms with E-state index in [1.165, 1.54) is 36.0 Å². The number of alkyl halides is 3. The van der Waals surface area contributed by atoms with Crippen molar-refractivity contribution in [1.29, 1.82) is 0 Å². The van der Waals surface area contributed by atoms with Gasteiger partial charge in [-0.2, -0.15) is 18.3 Å². The second kappa shape index (κ2) is 9.06. The maximum atomic E-state index is 14.0. The molecule has 2 aromatic rings. The van der Waals surface area contributed by atoms with E-state index in [4.69, 9.17) is 0 Å². The van der Waals surface area contributed by atoms with E-state index in [2.05, 4.69) is 15.3 Å². The van der Waals surface area contributed by atoms with Gasteiger partial charge in [0, 0.05) is 25.7 Å². The molecule has 36 heavy (non-hydrogen) atoms. The summed E-state index contributed by atoms with van der Waals surface area (Å²) in [6.45, 7) is -0.295. The first-order valence-corrected chi connectivity index (χ1v) is 11.6. The molecular weight excluding hydrogens is 480 g/mol. The Morgan fingerprint density at radius 3 is 2.33 bits per heavy atom. The predicted octanol–water partition coefficient (Wildman–Crippen LogP) is 3.43. The van der Waals surface area contributed by atoms with Crippen molar-refractivity contribution in [2.75, 3.05) is 39.6 Å². The van der Waals surface area contributed by atoms with E-state index in [-0.39, 0.29) is 18.2 Å². The number of carbonyl (C=O) groups is 2. The number of benzene rings is 1. The van der Waals surface area contributed by atoms with Crippen LogP contribution in [-0.4, -0.2) is 71.8 Å². The Hall–Kier alpha value is -3.15. The number of nitrogens with one attached hydrogen (secondary N) is 1. The average Bonchev–Trinajstić information content (AvgIpc) is 3.35. The molecule has 2 heterocycles. The van der Waals surface area contributed by atoms with Crippen LogP contribution in [-0.2, 0) is 23.1 Å². The van der Waals surface area contributed by atoms with Crippen LogP contribution in [0.15, 0.2) is 30.3 Å². The van der Waals surface area contributed by atoms with E-state index in [0.29, 0.717) is 25.7 Å². The number of halogens is 4. The molecule has 1 aliphatic heterocycles. The molecule has 1 saturated heterocycles.